The molecular formula is C29H33NO2. The van der Waals surface area contributed by atoms with E-state index in [0.29, 0.717) is 18.6 Å². The van der Waals surface area contributed by atoms with Crippen LogP contribution in [0.2, 0.25) is 0 Å². The zero-order valence-corrected chi connectivity index (χ0v) is 19.5. The van der Waals surface area contributed by atoms with Gasteiger partial charge in [-0.15, -0.1) is 0 Å². The summed E-state index contributed by atoms with van der Waals surface area (Å²) in [6.45, 7) is 6.95. The first-order chi connectivity index (χ1) is 15.5. The lowest BCUT2D eigenvalue weighted by atomic mass is 9.97. The predicted molar refractivity (Wildman–Crippen MR) is 134 cm³/mol. The van der Waals surface area contributed by atoms with Gasteiger partial charge in [-0.05, 0) is 77.2 Å². The van der Waals surface area contributed by atoms with Gasteiger partial charge in [0.05, 0.1) is 6.61 Å². The smallest absolute Gasteiger partial charge is 0.197 e. The van der Waals surface area contributed by atoms with Crippen LogP contribution < -0.4 is 10.1 Å². The van der Waals surface area contributed by atoms with Crippen LogP contribution in [-0.4, -0.2) is 13.3 Å². The van der Waals surface area contributed by atoms with Crippen molar-refractivity contribution >= 4 is 21.5 Å². The van der Waals surface area contributed by atoms with Crippen LogP contribution in [0.25, 0.3) is 21.5 Å². The molecule has 0 heterocycles. The topological polar surface area (TPSA) is 30.5 Å². The van der Waals surface area contributed by atoms with Gasteiger partial charge in [-0.1, -0.05) is 74.5 Å². The van der Waals surface area contributed by atoms with E-state index < -0.39 is 0 Å². The molecule has 4 aromatic carbocycles. The Balaban J connectivity index is 1.46. The van der Waals surface area contributed by atoms with Gasteiger partial charge in [0.1, 0.15) is 5.75 Å². The van der Waals surface area contributed by atoms with Crippen LogP contribution >= 0.6 is 0 Å². The highest BCUT2D eigenvalue weighted by Crippen LogP contribution is 2.30. The maximum Gasteiger partial charge on any atom is 0.197 e. The van der Waals surface area contributed by atoms with E-state index in [9.17, 15) is 0 Å². The van der Waals surface area contributed by atoms with Gasteiger partial charge in [0.25, 0.3) is 0 Å². The molecule has 2 atom stereocenters. The van der Waals surface area contributed by atoms with Gasteiger partial charge in [0, 0.05) is 6.04 Å². The molecule has 3 nitrogen and oxygen atoms in total. The molecule has 2 unspecified atom stereocenters. The van der Waals surface area contributed by atoms with Crippen LogP contribution in [0.5, 0.6) is 5.75 Å². The van der Waals surface area contributed by atoms with Crippen LogP contribution in [-0.2, 0) is 11.3 Å². The molecule has 0 saturated heterocycles. The second kappa shape index (κ2) is 10.2. The van der Waals surface area contributed by atoms with Crippen molar-refractivity contribution in [1.29, 1.82) is 0 Å². The SMILES string of the molecule is CNC(CC(C)C)c1ccc(OC(C)OCc2c3ccccc3cc3ccccc23)cc1. The van der Waals surface area contributed by atoms with Crippen molar-refractivity contribution in [3.05, 3.63) is 90.0 Å². The highest BCUT2D eigenvalue weighted by molar-refractivity contribution is 6.02. The summed E-state index contributed by atoms with van der Waals surface area (Å²) in [7, 11) is 2.02. The number of hydrogen-bond acceptors (Lipinski definition) is 3. The normalized spacial score (nSPS) is 13.5. The van der Waals surface area contributed by atoms with E-state index in [4.69, 9.17) is 9.47 Å². The van der Waals surface area contributed by atoms with Crippen LogP contribution in [0.15, 0.2) is 78.9 Å². The zero-order chi connectivity index (χ0) is 22.5. The Kier molecular flexibility index (Phi) is 7.09. The Morgan fingerprint density at radius 1 is 0.781 bits per heavy atom. The maximum atomic E-state index is 6.17. The predicted octanol–water partition coefficient (Wildman–Crippen LogP) is 7.24. The van der Waals surface area contributed by atoms with Crippen LogP contribution in [0.3, 0.4) is 0 Å². The molecule has 0 aliphatic carbocycles. The summed E-state index contributed by atoms with van der Waals surface area (Å²) in [6, 6.07) is 27.9. The fraction of sp³-hybridized carbons (Fsp3) is 0.310. The lowest BCUT2D eigenvalue weighted by Crippen LogP contribution is -2.18. The fourth-order valence-corrected chi connectivity index (χ4v) is 4.36. The first-order valence-corrected chi connectivity index (χ1v) is 11.5. The van der Waals surface area contributed by atoms with Gasteiger partial charge in [0.15, 0.2) is 6.29 Å². The largest absolute Gasteiger partial charge is 0.465 e. The summed E-state index contributed by atoms with van der Waals surface area (Å²) < 4.78 is 12.2. The Morgan fingerprint density at radius 3 is 1.94 bits per heavy atom. The minimum atomic E-state index is -0.352. The molecule has 0 spiro atoms. The van der Waals surface area contributed by atoms with Gasteiger partial charge < -0.3 is 14.8 Å². The van der Waals surface area contributed by atoms with E-state index in [0.717, 1.165) is 12.2 Å². The Bertz CT molecular complexity index is 1110. The summed E-state index contributed by atoms with van der Waals surface area (Å²) >= 11 is 0. The van der Waals surface area contributed by atoms with Crippen molar-refractivity contribution in [3.8, 4) is 5.75 Å². The molecule has 1 N–H and O–H groups in total. The van der Waals surface area contributed by atoms with Gasteiger partial charge in [-0.2, -0.15) is 0 Å². The van der Waals surface area contributed by atoms with E-state index in [-0.39, 0.29) is 6.29 Å². The first kappa shape index (κ1) is 22.3. The fourth-order valence-electron chi connectivity index (χ4n) is 4.36. The maximum absolute atomic E-state index is 6.17. The van der Waals surface area contributed by atoms with Crippen LogP contribution in [0, 0.1) is 5.92 Å². The molecule has 0 fully saturated rings. The van der Waals surface area contributed by atoms with E-state index in [2.05, 4.69) is 85.9 Å². The quantitative estimate of drug-likeness (QED) is 0.225. The third-order valence-corrected chi connectivity index (χ3v) is 5.99. The minimum Gasteiger partial charge on any atom is -0.465 e. The van der Waals surface area contributed by atoms with Gasteiger partial charge in [-0.25, -0.2) is 0 Å². The molecule has 3 heteroatoms. The van der Waals surface area contributed by atoms with Crippen molar-refractivity contribution in [1.82, 2.24) is 5.32 Å². The standard InChI is InChI=1S/C29H33NO2/c1-20(2)17-29(30-4)22-13-15-25(16-14-22)32-21(3)31-19-28-26-11-7-5-9-23(26)18-24-10-6-8-12-27(24)28/h5-16,18,20-21,29-30H,17,19H2,1-4H3. The van der Waals surface area contributed by atoms with Crippen molar-refractivity contribution in [2.45, 2.75) is 46.1 Å². The second-order valence-corrected chi connectivity index (χ2v) is 8.83. The molecule has 32 heavy (non-hydrogen) atoms. The molecule has 0 aliphatic rings. The van der Waals surface area contributed by atoms with Gasteiger partial charge in [0.2, 0.25) is 0 Å². The van der Waals surface area contributed by atoms with Crippen molar-refractivity contribution < 1.29 is 9.47 Å². The van der Waals surface area contributed by atoms with Crippen LogP contribution in [0.1, 0.15) is 44.4 Å². The monoisotopic (exact) mass is 427 g/mol. The molecule has 0 saturated carbocycles. The lowest BCUT2D eigenvalue weighted by molar-refractivity contribution is -0.0752. The Labute approximate surface area is 191 Å². The van der Waals surface area contributed by atoms with Crippen molar-refractivity contribution in [2.75, 3.05) is 7.05 Å². The average molecular weight is 428 g/mol. The molecule has 0 aliphatic heterocycles. The zero-order valence-electron chi connectivity index (χ0n) is 19.5. The van der Waals surface area contributed by atoms with Gasteiger partial charge in [-0.3, -0.25) is 0 Å². The van der Waals surface area contributed by atoms with E-state index in [1.54, 1.807) is 0 Å². The molecular weight excluding hydrogens is 394 g/mol. The molecule has 4 rings (SSSR count). The highest BCUT2D eigenvalue weighted by atomic mass is 16.7. The summed E-state index contributed by atoms with van der Waals surface area (Å²) in [4.78, 5) is 0. The van der Waals surface area contributed by atoms with E-state index >= 15 is 0 Å². The molecule has 166 valence electrons. The number of ether oxygens (including phenoxy) is 2. The Hall–Kier alpha value is -2.88. The molecule has 0 aromatic heterocycles. The molecule has 0 radical (unpaired) electrons. The van der Waals surface area contributed by atoms with Crippen molar-refractivity contribution in [2.24, 2.45) is 5.92 Å². The van der Waals surface area contributed by atoms with E-state index in [1.165, 1.54) is 32.7 Å². The summed E-state index contributed by atoms with van der Waals surface area (Å²) in [6.07, 6.45) is 0.754. The number of rotatable bonds is 9. The van der Waals surface area contributed by atoms with Crippen LogP contribution in [0.4, 0.5) is 0 Å². The number of nitrogens with one attached hydrogen (secondary N) is 1. The third kappa shape index (κ3) is 5.12. The summed E-state index contributed by atoms with van der Waals surface area (Å²) in [5.74, 6) is 1.46. The highest BCUT2D eigenvalue weighted by Gasteiger charge is 2.13. The first-order valence-electron chi connectivity index (χ1n) is 11.5. The summed E-state index contributed by atoms with van der Waals surface area (Å²) in [5, 5.41) is 8.33. The Morgan fingerprint density at radius 2 is 1.38 bits per heavy atom. The molecule has 0 bridgehead atoms. The third-order valence-electron chi connectivity index (χ3n) is 5.99. The minimum absolute atomic E-state index is 0.352. The number of benzene rings is 4. The molecule has 4 aromatic rings. The second-order valence-electron chi connectivity index (χ2n) is 8.83. The average Bonchev–Trinajstić information content (AvgIpc) is 2.80. The van der Waals surface area contributed by atoms with E-state index in [1.807, 2.05) is 26.1 Å². The van der Waals surface area contributed by atoms with Gasteiger partial charge >= 0.3 is 0 Å². The molecule has 0 amide bonds. The summed E-state index contributed by atoms with van der Waals surface area (Å²) in [5.41, 5.74) is 2.49. The number of hydrogen-bond donors (Lipinski definition) is 1. The van der Waals surface area contributed by atoms with Crippen molar-refractivity contribution in [3.63, 3.8) is 0 Å². The lowest BCUT2D eigenvalue weighted by Gasteiger charge is -2.20. The number of fused-ring (bicyclic) bond motifs is 2.